The molecule has 2 aromatic carbocycles. The first-order chi connectivity index (χ1) is 10.3. The molecule has 0 saturated heterocycles. The van der Waals surface area contributed by atoms with Crippen molar-refractivity contribution >= 4 is 10.9 Å². The second-order valence-electron chi connectivity index (χ2n) is 4.86. The van der Waals surface area contributed by atoms with E-state index < -0.39 is 5.82 Å². The van der Waals surface area contributed by atoms with Crippen molar-refractivity contribution in [3.05, 3.63) is 65.6 Å². The van der Waals surface area contributed by atoms with Gasteiger partial charge in [0.1, 0.15) is 6.61 Å². The van der Waals surface area contributed by atoms with Crippen LogP contribution < -0.4 is 4.74 Å². The first-order valence-electron chi connectivity index (χ1n) is 6.85. The quantitative estimate of drug-likeness (QED) is 0.754. The minimum absolute atomic E-state index is 0.0155. The molecule has 0 saturated carbocycles. The predicted octanol–water partition coefficient (Wildman–Crippen LogP) is 3.42. The Morgan fingerprint density at radius 1 is 1.10 bits per heavy atom. The minimum atomic E-state index is -0.391. The lowest BCUT2D eigenvalue weighted by Crippen LogP contribution is -1.99. The SMILES string of the molecule is OCCc1c[nH]c2ccc(F)c(OCc3ccccc3)c12. The Morgan fingerprint density at radius 3 is 2.67 bits per heavy atom. The van der Waals surface area contributed by atoms with Gasteiger partial charge in [-0.15, -0.1) is 0 Å². The molecule has 21 heavy (non-hydrogen) atoms. The maximum absolute atomic E-state index is 14.1. The smallest absolute Gasteiger partial charge is 0.165 e. The number of hydrogen-bond donors (Lipinski definition) is 2. The van der Waals surface area contributed by atoms with Gasteiger partial charge in [-0.25, -0.2) is 4.39 Å². The molecule has 0 spiro atoms. The fraction of sp³-hybridized carbons (Fsp3) is 0.176. The standard InChI is InChI=1S/C17H16FNO2/c18-14-6-7-15-16(13(8-9-20)10-19-15)17(14)21-11-12-4-2-1-3-5-12/h1-7,10,19-20H,8-9,11H2. The topological polar surface area (TPSA) is 45.2 Å². The number of rotatable bonds is 5. The Labute approximate surface area is 122 Å². The number of aliphatic hydroxyl groups excluding tert-OH is 1. The Morgan fingerprint density at radius 2 is 1.90 bits per heavy atom. The molecule has 0 unspecified atom stereocenters. The van der Waals surface area contributed by atoms with E-state index in [0.29, 0.717) is 18.4 Å². The van der Waals surface area contributed by atoms with Crippen LogP contribution in [-0.4, -0.2) is 16.7 Å². The van der Waals surface area contributed by atoms with Crippen LogP contribution in [0.2, 0.25) is 0 Å². The summed E-state index contributed by atoms with van der Waals surface area (Å²) in [5, 5.41) is 9.83. The van der Waals surface area contributed by atoms with Crippen molar-refractivity contribution in [1.29, 1.82) is 0 Å². The van der Waals surface area contributed by atoms with Gasteiger partial charge >= 0.3 is 0 Å². The number of hydrogen-bond acceptors (Lipinski definition) is 2. The van der Waals surface area contributed by atoms with Crippen LogP contribution in [0.3, 0.4) is 0 Å². The normalized spacial score (nSPS) is 11.0. The second kappa shape index (κ2) is 5.97. The van der Waals surface area contributed by atoms with Crippen LogP contribution in [0.1, 0.15) is 11.1 Å². The highest BCUT2D eigenvalue weighted by atomic mass is 19.1. The molecular formula is C17H16FNO2. The van der Waals surface area contributed by atoms with Gasteiger partial charge in [-0.05, 0) is 29.7 Å². The Balaban J connectivity index is 1.96. The first kappa shape index (κ1) is 13.6. The molecular weight excluding hydrogens is 269 g/mol. The van der Waals surface area contributed by atoms with Gasteiger partial charge in [-0.3, -0.25) is 0 Å². The van der Waals surface area contributed by atoms with E-state index in [-0.39, 0.29) is 12.4 Å². The lowest BCUT2D eigenvalue weighted by molar-refractivity contribution is 0.292. The van der Waals surface area contributed by atoms with Crippen molar-refractivity contribution in [3.8, 4) is 5.75 Å². The summed E-state index contributed by atoms with van der Waals surface area (Å²) < 4.78 is 19.8. The molecule has 1 aromatic heterocycles. The molecule has 3 nitrogen and oxygen atoms in total. The van der Waals surface area contributed by atoms with Gasteiger partial charge in [-0.1, -0.05) is 30.3 Å². The summed E-state index contributed by atoms with van der Waals surface area (Å²) in [5.41, 5.74) is 2.64. The first-order valence-corrected chi connectivity index (χ1v) is 6.85. The van der Waals surface area contributed by atoms with Crippen LogP contribution in [0.5, 0.6) is 5.75 Å². The fourth-order valence-electron chi connectivity index (χ4n) is 2.42. The largest absolute Gasteiger partial charge is 0.485 e. The van der Waals surface area contributed by atoms with Gasteiger partial charge < -0.3 is 14.8 Å². The van der Waals surface area contributed by atoms with Crippen molar-refractivity contribution in [3.63, 3.8) is 0 Å². The molecule has 2 N–H and O–H groups in total. The summed E-state index contributed by atoms with van der Waals surface area (Å²) in [6.07, 6.45) is 2.25. The summed E-state index contributed by atoms with van der Waals surface area (Å²) in [6.45, 7) is 0.322. The third-order valence-corrected chi connectivity index (χ3v) is 3.44. The monoisotopic (exact) mass is 285 g/mol. The molecule has 0 amide bonds. The number of nitrogens with one attached hydrogen (secondary N) is 1. The van der Waals surface area contributed by atoms with E-state index in [9.17, 15) is 4.39 Å². The van der Waals surface area contributed by atoms with E-state index >= 15 is 0 Å². The number of aromatic amines is 1. The average Bonchev–Trinajstić information content (AvgIpc) is 2.91. The average molecular weight is 285 g/mol. The summed E-state index contributed by atoms with van der Waals surface area (Å²) >= 11 is 0. The third kappa shape index (κ3) is 2.76. The van der Waals surface area contributed by atoms with Crippen LogP contribution >= 0.6 is 0 Å². The highest BCUT2D eigenvalue weighted by Gasteiger charge is 2.14. The number of ether oxygens (including phenoxy) is 1. The molecule has 0 atom stereocenters. The van der Waals surface area contributed by atoms with E-state index in [1.54, 1.807) is 12.3 Å². The van der Waals surface area contributed by atoms with E-state index in [1.807, 2.05) is 30.3 Å². The molecule has 0 aliphatic rings. The third-order valence-electron chi connectivity index (χ3n) is 3.44. The zero-order valence-corrected chi connectivity index (χ0v) is 11.5. The Kier molecular flexibility index (Phi) is 3.88. The van der Waals surface area contributed by atoms with Gasteiger partial charge in [0.05, 0.1) is 0 Å². The second-order valence-corrected chi connectivity index (χ2v) is 4.86. The van der Waals surface area contributed by atoms with E-state index in [2.05, 4.69) is 4.98 Å². The van der Waals surface area contributed by atoms with E-state index in [0.717, 1.165) is 16.6 Å². The van der Waals surface area contributed by atoms with Gasteiger partial charge in [0.15, 0.2) is 11.6 Å². The van der Waals surface area contributed by atoms with Crippen LogP contribution in [0.15, 0.2) is 48.7 Å². The van der Waals surface area contributed by atoms with Crippen molar-refractivity contribution in [2.75, 3.05) is 6.61 Å². The van der Waals surface area contributed by atoms with Gasteiger partial charge in [0, 0.05) is 23.7 Å². The number of halogens is 1. The molecule has 0 radical (unpaired) electrons. The maximum atomic E-state index is 14.1. The predicted molar refractivity (Wildman–Crippen MR) is 79.8 cm³/mol. The molecule has 108 valence electrons. The minimum Gasteiger partial charge on any atom is -0.485 e. The molecule has 0 fully saturated rings. The molecule has 3 aromatic rings. The van der Waals surface area contributed by atoms with Crippen molar-refractivity contribution in [1.82, 2.24) is 4.98 Å². The molecule has 0 aliphatic carbocycles. The lowest BCUT2D eigenvalue weighted by Gasteiger charge is -2.10. The van der Waals surface area contributed by atoms with Gasteiger partial charge in [0.2, 0.25) is 0 Å². The van der Waals surface area contributed by atoms with Crippen LogP contribution in [0.25, 0.3) is 10.9 Å². The van der Waals surface area contributed by atoms with E-state index in [1.165, 1.54) is 6.07 Å². The highest BCUT2D eigenvalue weighted by molar-refractivity contribution is 5.89. The number of aliphatic hydroxyl groups is 1. The van der Waals surface area contributed by atoms with Crippen molar-refractivity contribution in [2.24, 2.45) is 0 Å². The van der Waals surface area contributed by atoms with Gasteiger partial charge in [-0.2, -0.15) is 0 Å². The van der Waals surface area contributed by atoms with E-state index in [4.69, 9.17) is 9.84 Å². The number of H-pyrrole nitrogens is 1. The van der Waals surface area contributed by atoms with Crippen LogP contribution in [-0.2, 0) is 13.0 Å². The molecule has 0 bridgehead atoms. The highest BCUT2D eigenvalue weighted by Crippen LogP contribution is 2.32. The van der Waals surface area contributed by atoms with Crippen LogP contribution in [0.4, 0.5) is 4.39 Å². The molecule has 3 rings (SSSR count). The summed E-state index contributed by atoms with van der Waals surface area (Å²) in [7, 11) is 0. The molecule has 1 heterocycles. The summed E-state index contributed by atoms with van der Waals surface area (Å²) in [4.78, 5) is 3.08. The fourth-order valence-corrected chi connectivity index (χ4v) is 2.42. The van der Waals surface area contributed by atoms with Crippen molar-refractivity contribution in [2.45, 2.75) is 13.0 Å². The summed E-state index contributed by atoms with van der Waals surface area (Å²) in [5.74, 6) is -0.154. The Bertz CT molecular complexity index is 737. The molecule has 0 aliphatic heterocycles. The molecule has 4 heteroatoms. The number of fused-ring (bicyclic) bond motifs is 1. The van der Waals surface area contributed by atoms with Crippen molar-refractivity contribution < 1.29 is 14.2 Å². The van der Waals surface area contributed by atoms with Gasteiger partial charge in [0.25, 0.3) is 0 Å². The van der Waals surface area contributed by atoms with Crippen LogP contribution in [0, 0.1) is 5.82 Å². The zero-order valence-electron chi connectivity index (χ0n) is 11.5. The lowest BCUT2D eigenvalue weighted by atomic mass is 10.1. The number of aromatic nitrogens is 1. The zero-order chi connectivity index (χ0) is 14.7. The Hall–Kier alpha value is -2.33. The summed E-state index contributed by atoms with van der Waals surface area (Å²) in [6, 6.07) is 12.7. The number of benzene rings is 2. The maximum Gasteiger partial charge on any atom is 0.165 e.